The molecule has 4 aliphatic carbocycles. The molecule has 3 saturated carbocycles. The summed E-state index contributed by atoms with van der Waals surface area (Å²) in [5.74, 6) is 4.10. The summed E-state index contributed by atoms with van der Waals surface area (Å²) in [4.78, 5) is 11.5. The van der Waals surface area contributed by atoms with Gasteiger partial charge in [-0.3, -0.25) is 0 Å². The van der Waals surface area contributed by atoms with Crippen molar-refractivity contribution in [2.75, 3.05) is 0 Å². The van der Waals surface area contributed by atoms with Gasteiger partial charge in [0.25, 0.3) is 0 Å². The smallest absolute Gasteiger partial charge is 0.129 e. The fraction of sp³-hybridized carbons (Fsp3) is 0.880. The van der Waals surface area contributed by atoms with E-state index in [2.05, 4.69) is 26.8 Å². The minimum atomic E-state index is -0.0629. The van der Waals surface area contributed by atoms with E-state index in [0.29, 0.717) is 28.4 Å². The van der Waals surface area contributed by atoms with Gasteiger partial charge in [0.2, 0.25) is 0 Å². The standard InChI is InChI=1S/C25H40O2/c1-16(5-6-17(2)26)21-9-10-22-20-8-7-18-15-19(27)11-13-24(18,3)23(20)12-14-25(21,22)4/h12,16,18-22,27H,5-11,13-15H2,1-4H3/t16-,18?,19?,20?,21?,22?,24?,25?/m1/s1. The molecule has 0 heterocycles. The molecule has 0 aromatic rings. The lowest BCUT2D eigenvalue weighted by molar-refractivity contribution is -0.117. The molecular formula is C25H40O2. The second-order valence-electron chi connectivity index (χ2n) is 11.1. The van der Waals surface area contributed by atoms with Crippen LogP contribution in [0, 0.1) is 40.4 Å². The van der Waals surface area contributed by atoms with Gasteiger partial charge in [0.15, 0.2) is 0 Å². The summed E-state index contributed by atoms with van der Waals surface area (Å²) in [5.41, 5.74) is 2.56. The van der Waals surface area contributed by atoms with E-state index in [-0.39, 0.29) is 6.10 Å². The van der Waals surface area contributed by atoms with Crippen molar-refractivity contribution in [1.82, 2.24) is 0 Å². The molecule has 4 rings (SSSR count). The monoisotopic (exact) mass is 372 g/mol. The van der Waals surface area contributed by atoms with Gasteiger partial charge in [0.1, 0.15) is 5.78 Å². The summed E-state index contributed by atoms with van der Waals surface area (Å²) >= 11 is 0. The first-order chi connectivity index (χ1) is 12.8. The summed E-state index contributed by atoms with van der Waals surface area (Å²) in [6, 6.07) is 0. The van der Waals surface area contributed by atoms with E-state index in [1.807, 2.05) is 0 Å². The first kappa shape index (κ1) is 19.7. The molecule has 0 aliphatic heterocycles. The van der Waals surface area contributed by atoms with Gasteiger partial charge in [-0.1, -0.05) is 32.4 Å². The Labute approximate surface area is 166 Å². The number of hydrogen-bond donors (Lipinski definition) is 1. The first-order valence-electron chi connectivity index (χ1n) is 11.6. The van der Waals surface area contributed by atoms with E-state index >= 15 is 0 Å². The van der Waals surface area contributed by atoms with Crippen LogP contribution in [0.2, 0.25) is 0 Å². The molecule has 2 nitrogen and oxygen atoms in total. The van der Waals surface area contributed by atoms with Crippen molar-refractivity contribution in [3.63, 3.8) is 0 Å². The number of aliphatic hydroxyl groups excluding tert-OH is 1. The van der Waals surface area contributed by atoms with Gasteiger partial charge in [0.05, 0.1) is 6.10 Å². The van der Waals surface area contributed by atoms with E-state index in [4.69, 9.17) is 0 Å². The third kappa shape index (κ3) is 3.15. The summed E-state index contributed by atoms with van der Waals surface area (Å²) in [6.07, 6.45) is 14.3. The Bertz CT molecular complexity index is 622. The number of rotatable bonds is 4. The minimum absolute atomic E-state index is 0.0629. The Hall–Kier alpha value is -0.630. The fourth-order valence-corrected chi connectivity index (χ4v) is 8.11. The highest BCUT2D eigenvalue weighted by molar-refractivity contribution is 5.75. The van der Waals surface area contributed by atoms with Gasteiger partial charge in [-0.05, 0) is 105 Å². The molecule has 0 aromatic carbocycles. The molecule has 3 fully saturated rings. The topological polar surface area (TPSA) is 37.3 Å². The molecule has 8 atom stereocenters. The van der Waals surface area contributed by atoms with Gasteiger partial charge in [-0.15, -0.1) is 0 Å². The second-order valence-corrected chi connectivity index (χ2v) is 11.1. The average Bonchev–Trinajstić information content (AvgIpc) is 2.97. The lowest BCUT2D eigenvalue weighted by Crippen LogP contribution is -2.48. The van der Waals surface area contributed by atoms with Crippen LogP contribution in [-0.4, -0.2) is 17.0 Å². The average molecular weight is 373 g/mol. The van der Waals surface area contributed by atoms with E-state index < -0.39 is 0 Å². The van der Waals surface area contributed by atoms with E-state index in [1.165, 1.54) is 38.5 Å². The van der Waals surface area contributed by atoms with E-state index in [9.17, 15) is 9.90 Å². The van der Waals surface area contributed by atoms with E-state index in [1.54, 1.807) is 12.5 Å². The van der Waals surface area contributed by atoms with Crippen LogP contribution in [0.25, 0.3) is 0 Å². The molecule has 0 amide bonds. The molecular weight excluding hydrogens is 332 g/mol. The summed E-state index contributed by atoms with van der Waals surface area (Å²) in [5, 5.41) is 10.2. The zero-order valence-electron chi connectivity index (χ0n) is 18.0. The van der Waals surface area contributed by atoms with Crippen LogP contribution >= 0.6 is 0 Å². The van der Waals surface area contributed by atoms with Crippen LogP contribution in [0.1, 0.15) is 91.9 Å². The molecule has 152 valence electrons. The Morgan fingerprint density at radius 1 is 1.22 bits per heavy atom. The Kier molecular flexibility index (Phi) is 5.11. The molecule has 4 aliphatic rings. The fourth-order valence-electron chi connectivity index (χ4n) is 8.11. The predicted octanol–water partition coefficient (Wildman–Crippen LogP) is 5.93. The number of carbonyl (C=O) groups excluding carboxylic acids is 1. The number of ketones is 1. The Balaban J connectivity index is 1.56. The van der Waals surface area contributed by atoms with Crippen molar-refractivity contribution in [2.24, 2.45) is 40.4 Å². The molecule has 0 bridgehead atoms. The molecule has 0 aromatic heterocycles. The number of fused-ring (bicyclic) bond motifs is 5. The molecule has 1 N–H and O–H groups in total. The number of Topliss-reactive ketones (excluding diaryl/α,β-unsaturated/α-hetero) is 1. The van der Waals surface area contributed by atoms with Crippen molar-refractivity contribution in [3.05, 3.63) is 11.6 Å². The highest BCUT2D eigenvalue weighted by Crippen LogP contribution is 2.66. The quantitative estimate of drug-likeness (QED) is 0.621. The maximum Gasteiger partial charge on any atom is 0.129 e. The van der Waals surface area contributed by atoms with Gasteiger partial charge >= 0.3 is 0 Å². The largest absolute Gasteiger partial charge is 0.393 e. The molecule has 2 heteroatoms. The third-order valence-corrected chi connectivity index (χ3v) is 9.71. The number of allylic oxidation sites excluding steroid dienone is 2. The van der Waals surface area contributed by atoms with Crippen LogP contribution in [0.3, 0.4) is 0 Å². The van der Waals surface area contributed by atoms with Crippen LogP contribution in [0.15, 0.2) is 11.6 Å². The maximum atomic E-state index is 11.5. The molecule has 7 unspecified atom stereocenters. The minimum Gasteiger partial charge on any atom is -0.393 e. The second kappa shape index (κ2) is 7.01. The molecule has 0 radical (unpaired) electrons. The summed E-state index contributed by atoms with van der Waals surface area (Å²) in [7, 11) is 0. The highest BCUT2D eigenvalue weighted by Gasteiger charge is 2.57. The van der Waals surface area contributed by atoms with E-state index in [0.717, 1.165) is 43.4 Å². The number of carbonyl (C=O) groups is 1. The number of hydrogen-bond acceptors (Lipinski definition) is 2. The first-order valence-corrected chi connectivity index (χ1v) is 11.6. The Morgan fingerprint density at radius 3 is 2.74 bits per heavy atom. The van der Waals surface area contributed by atoms with Crippen LogP contribution in [0.4, 0.5) is 0 Å². The zero-order valence-corrected chi connectivity index (χ0v) is 18.0. The van der Waals surface area contributed by atoms with Gasteiger partial charge < -0.3 is 9.90 Å². The predicted molar refractivity (Wildman–Crippen MR) is 110 cm³/mol. The van der Waals surface area contributed by atoms with Gasteiger partial charge in [-0.2, -0.15) is 0 Å². The highest BCUT2D eigenvalue weighted by atomic mass is 16.3. The van der Waals surface area contributed by atoms with Crippen molar-refractivity contribution in [3.8, 4) is 0 Å². The SMILES string of the molecule is CC(=O)CC[C@@H](C)C1CCC2C3CCC4CC(O)CCC4(C)C3=CCC21C. The lowest BCUT2D eigenvalue weighted by Gasteiger charge is -2.57. The summed E-state index contributed by atoms with van der Waals surface area (Å²) < 4.78 is 0. The van der Waals surface area contributed by atoms with Gasteiger partial charge in [-0.25, -0.2) is 0 Å². The van der Waals surface area contributed by atoms with Crippen LogP contribution in [0.5, 0.6) is 0 Å². The van der Waals surface area contributed by atoms with Gasteiger partial charge in [0, 0.05) is 6.42 Å². The van der Waals surface area contributed by atoms with Crippen molar-refractivity contribution >= 4 is 5.78 Å². The number of aliphatic hydroxyl groups is 1. The lowest BCUT2D eigenvalue weighted by atomic mass is 9.48. The third-order valence-electron chi connectivity index (χ3n) is 9.71. The maximum absolute atomic E-state index is 11.5. The van der Waals surface area contributed by atoms with Crippen molar-refractivity contribution < 1.29 is 9.90 Å². The van der Waals surface area contributed by atoms with Crippen LogP contribution < -0.4 is 0 Å². The molecule has 0 spiro atoms. The van der Waals surface area contributed by atoms with Crippen molar-refractivity contribution in [2.45, 2.75) is 98.0 Å². The van der Waals surface area contributed by atoms with Crippen molar-refractivity contribution in [1.29, 1.82) is 0 Å². The molecule has 0 saturated heterocycles. The van der Waals surface area contributed by atoms with Crippen LogP contribution in [-0.2, 0) is 4.79 Å². The zero-order chi connectivity index (χ0) is 19.4. The normalized spacial score (nSPS) is 47.4. The molecule has 27 heavy (non-hydrogen) atoms. The Morgan fingerprint density at radius 2 is 2.00 bits per heavy atom. The summed E-state index contributed by atoms with van der Waals surface area (Å²) in [6.45, 7) is 9.24.